The average Bonchev–Trinajstić information content (AvgIpc) is 1.79. The van der Waals surface area contributed by atoms with E-state index in [1.54, 1.807) is 7.05 Å². The molecule has 0 bridgehead atoms. The van der Waals surface area contributed by atoms with Gasteiger partial charge in [-0.05, 0) is 31.4 Å². The molecule has 0 saturated heterocycles. The summed E-state index contributed by atoms with van der Waals surface area (Å²) in [6.45, 7) is 0. The first-order chi connectivity index (χ1) is 4.84. The summed E-state index contributed by atoms with van der Waals surface area (Å²) in [5, 5.41) is 0. The molecule has 1 rings (SSSR count). The van der Waals surface area contributed by atoms with Crippen LogP contribution in [0.2, 0.25) is 0 Å². The lowest BCUT2D eigenvalue weighted by molar-refractivity contribution is 0.266. The quantitative estimate of drug-likeness (QED) is 0.588. The molecule has 1 aliphatic carbocycles. The Morgan fingerprint density at radius 3 is 2.80 bits per heavy atom. The third-order valence-corrected chi connectivity index (χ3v) is 2.32. The fourth-order valence-electron chi connectivity index (χ4n) is 1.29. The van der Waals surface area contributed by atoms with Crippen molar-refractivity contribution >= 4 is 6.21 Å². The number of hydrogen-bond donors (Lipinski definition) is 1. The van der Waals surface area contributed by atoms with Gasteiger partial charge in [0.2, 0.25) is 0 Å². The van der Waals surface area contributed by atoms with Crippen molar-refractivity contribution < 1.29 is 0 Å². The Bertz CT molecular complexity index is 116. The van der Waals surface area contributed by atoms with Gasteiger partial charge < -0.3 is 10.7 Å². The van der Waals surface area contributed by atoms with Crippen molar-refractivity contribution in [2.75, 3.05) is 7.05 Å². The van der Waals surface area contributed by atoms with Crippen LogP contribution < -0.4 is 5.73 Å². The molecule has 1 unspecified atom stereocenters. The number of rotatable bonds is 3. The molecule has 0 spiro atoms. The highest BCUT2D eigenvalue weighted by Gasteiger charge is 2.23. The van der Waals surface area contributed by atoms with E-state index in [9.17, 15) is 0 Å². The van der Waals surface area contributed by atoms with Crippen LogP contribution in [0, 0.1) is 5.92 Å². The summed E-state index contributed by atoms with van der Waals surface area (Å²) in [5.74, 6) is 0.790. The third kappa shape index (κ3) is 1.81. The fraction of sp³-hybridized carbons (Fsp3) is 0.875. The van der Waals surface area contributed by atoms with Gasteiger partial charge in [0.25, 0.3) is 0 Å². The first-order valence-corrected chi connectivity index (χ1v) is 4.01. The van der Waals surface area contributed by atoms with Gasteiger partial charge in [-0.2, -0.15) is 0 Å². The average molecular weight is 140 g/mol. The first-order valence-electron chi connectivity index (χ1n) is 4.01. The molecule has 58 valence electrons. The molecule has 2 heteroatoms. The third-order valence-electron chi connectivity index (χ3n) is 2.32. The lowest BCUT2D eigenvalue weighted by atomic mass is 9.79. The van der Waals surface area contributed by atoms with Crippen molar-refractivity contribution in [2.24, 2.45) is 16.6 Å². The molecule has 0 aromatic heterocycles. The van der Waals surface area contributed by atoms with Crippen LogP contribution in [0.1, 0.15) is 25.7 Å². The molecule has 1 atom stereocenters. The normalized spacial score (nSPS) is 23.0. The van der Waals surface area contributed by atoms with Crippen molar-refractivity contribution in [1.29, 1.82) is 0 Å². The van der Waals surface area contributed by atoms with Gasteiger partial charge >= 0.3 is 0 Å². The maximum Gasteiger partial charge on any atom is 0.0273 e. The Labute approximate surface area is 62.5 Å². The summed E-state index contributed by atoms with van der Waals surface area (Å²) in [6.07, 6.45) is 6.92. The summed E-state index contributed by atoms with van der Waals surface area (Å²) >= 11 is 0. The van der Waals surface area contributed by atoms with E-state index in [2.05, 4.69) is 4.99 Å². The Balaban J connectivity index is 2.13. The minimum Gasteiger partial charge on any atom is -0.327 e. The monoisotopic (exact) mass is 140 g/mol. The predicted octanol–water partition coefficient (Wildman–Crippen LogP) is 1.20. The molecule has 1 fully saturated rings. The standard InChI is InChI=1S/C8H16N2/c1-10-6-5-8(9)7-3-2-4-7/h6-8H,2-5,9H2,1H3. The van der Waals surface area contributed by atoms with Crippen molar-refractivity contribution in [3.63, 3.8) is 0 Å². The van der Waals surface area contributed by atoms with Gasteiger partial charge in [-0.15, -0.1) is 0 Å². The van der Waals surface area contributed by atoms with Crippen LogP contribution >= 0.6 is 0 Å². The van der Waals surface area contributed by atoms with Crippen molar-refractivity contribution in [3.05, 3.63) is 0 Å². The van der Waals surface area contributed by atoms with Gasteiger partial charge in [-0.1, -0.05) is 6.42 Å². The Morgan fingerprint density at radius 1 is 1.70 bits per heavy atom. The van der Waals surface area contributed by atoms with Gasteiger partial charge in [0.1, 0.15) is 0 Å². The van der Waals surface area contributed by atoms with Crippen LogP contribution in [0.25, 0.3) is 0 Å². The molecule has 0 radical (unpaired) electrons. The van der Waals surface area contributed by atoms with Crippen molar-refractivity contribution in [3.8, 4) is 0 Å². The lowest BCUT2D eigenvalue weighted by Crippen LogP contribution is -2.34. The van der Waals surface area contributed by atoms with E-state index in [4.69, 9.17) is 5.73 Å². The Kier molecular flexibility index (Phi) is 2.87. The van der Waals surface area contributed by atoms with Gasteiger partial charge in [0, 0.05) is 13.1 Å². The molecule has 0 aliphatic heterocycles. The molecule has 0 amide bonds. The topological polar surface area (TPSA) is 38.4 Å². The lowest BCUT2D eigenvalue weighted by Gasteiger charge is -2.30. The molecule has 0 aromatic rings. The zero-order valence-electron chi connectivity index (χ0n) is 6.59. The maximum absolute atomic E-state index is 5.87. The molecule has 1 saturated carbocycles. The number of aliphatic imine (C=N–C) groups is 1. The molecular formula is C8H16N2. The predicted molar refractivity (Wildman–Crippen MR) is 44.3 cm³/mol. The summed E-state index contributed by atoms with van der Waals surface area (Å²) in [5.41, 5.74) is 5.87. The van der Waals surface area contributed by atoms with Gasteiger partial charge in [0.15, 0.2) is 0 Å². The van der Waals surface area contributed by atoms with Gasteiger partial charge in [0.05, 0.1) is 0 Å². The first kappa shape index (κ1) is 7.73. The van der Waals surface area contributed by atoms with Crippen LogP contribution in [-0.2, 0) is 0 Å². The van der Waals surface area contributed by atoms with Gasteiger partial charge in [-0.25, -0.2) is 0 Å². The Morgan fingerprint density at radius 2 is 2.40 bits per heavy atom. The molecule has 10 heavy (non-hydrogen) atoms. The van der Waals surface area contributed by atoms with E-state index >= 15 is 0 Å². The highest BCUT2D eigenvalue weighted by Crippen LogP contribution is 2.29. The van der Waals surface area contributed by atoms with Crippen molar-refractivity contribution in [1.82, 2.24) is 0 Å². The highest BCUT2D eigenvalue weighted by molar-refractivity contribution is 5.57. The number of nitrogens with two attached hydrogens (primary N) is 1. The zero-order chi connectivity index (χ0) is 7.40. The molecule has 2 nitrogen and oxygen atoms in total. The molecule has 0 aromatic carbocycles. The van der Waals surface area contributed by atoms with E-state index in [0.717, 1.165) is 12.3 Å². The second-order valence-electron chi connectivity index (χ2n) is 3.03. The highest BCUT2D eigenvalue weighted by atomic mass is 14.7. The summed E-state index contributed by atoms with van der Waals surface area (Å²) < 4.78 is 0. The molecule has 0 heterocycles. The SMILES string of the molecule is CN=CCC(N)C1CCC1. The summed E-state index contributed by atoms with van der Waals surface area (Å²) in [6, 6.07) is 0.373. The minimum atomic E-state index is 0.373. The van der Waals surface area contributed by atoms with E-state index in [-0.39, 0.29) is 0 Å². The van der Waals surface area contributed by atoms with Crippen LogP contribution in [0.4, 0.5) is 0 Å². The van der Waals surface area contributed by atoms with Crippen LogP contribution in [0.15, 0.2) is 4.99 Å². The van der Waals surface area contributed by atoms with Gasteiger partial charge in [-0.3, -0.25) is 0 Å². The van der Waals surface area contributed by atoms with E-state index < -0.39 is 0 Å². The maximum atomic E-state index is 5.87. The molecular weight excluding hydrogens is 124 g/mol. The van der Waals surface area contributed by atoms with Crippen LogP contribution in [0.3, 0.4) is 0 Å². The number of hydrogen-bond acceptors (Lipinski definition) is 2. The smallest absolute Gasteiger partial charge is 0.0273 e. The second kappa shape index (κ2) is 3.71. The molecule has 2 N–H and O–H groups in total. The Hall–Kier alpha value is -0.370. The number of nitrogens with zero attached hydrogens (tertiary/aromatic N) is 1. The second-order valence-corrected chi connectivity index (χ2v) is 3.03. The van der Waals surface area contributed by atoms with E-state index in [1.165, 1.54) is 19.3 Å². The minimum absolute atomic E-state index is 0.373. The zero-order valence-corrected chi connectivity index (χ0v) is 6.59. The van der Waals surface area contributed by atoms with Crippen LogP contribution in [-0.4, -0.2) is 19.3 Å². The summed E-state index contributed by atoms with van der Waals surface area (Å²) in [4.78, 5) is 3.91. The summed E-state index contributed by atoms with van der Waals surface area (Å²) in [7, 11) is 1.80. The van der Waals surface area contributed by atoms with E-state index in [0.29, 0.717) is 6.04 Å². The molecule has 1 aliphatic rings. The largest absolute Gasteiger partial charge is 0.327 e. The van der Waals surface area contributed by atoms with Crippen molar-refractivity contribution in [2.45, 2.75) is 31.7 Å². The van der Waals surface area contributed by atoms with Crippen LogP contribution in [0.5, 0.6) is 0 Å². The van der Waals surface area contributed by atoms with E-state index in [1.807, 2.05) is 6.21 Å². The fourth-order valence-corrected chi connectivity index (χ4v) is 1.29.